The fourth-order valence-electron chi connectivity index (χ4n) is 2.92. The number of phenols is 1. The molecule has 1 aromatic heterocycles. The summed E-state index contributed by atoms with van der Waals surface area (Å²) in [5.41, 5.74) is 3.96. The molecule has 136 valence electrons. The number of nitrogens with one attached hydrogen (secondary N) is 1. The number of Topliss-reactive ketones (excluding diaryl/α,β-unsaturated/α-hetero) is 1. The molecule has 0 unspecified atom stereocenters. The lowest BCUT2D eigenvalue weighted by molar-refractivity contribution is 0.0978. The molecule has 0 radical (unpaired) electrons. The lowest BCUT2D eigenvalue weighted by Crippen LogP contribution is -2.04. The Morgan fingerprint density at radius 1 is 1.08 bits per heavy atom. The highest BCUT2D eigenvalue weighted by Crippen LogP contribution is 2.35. The van der Waals surface area contributed by atoms with E-state index >= 15 is 0 Å². The van der Waals surface area contributed by atoms with Gasteiger partial charge in [0.15, 0.2) is 5.78 Å². The van der Waals surface area contributed by atoms with Crippen molar-refractivity contribution in [2.45, 2.75) is 59.3 Å². The fourth-order valence-corrected chi connectivity index (χ4v) is 3.35. The Hall–Kier alpha value is -1.45. The molecule has 0 spiro atoms. The van der Waals surface area contributed by atoms with Crippen LogP contribution in [0.25, 0.3) is 0 Å². The van der Waals surface area contributed by atoms with E-state index < -0.39 is 0 Å². The molecule has 5 heteroatoms. The van der Waals surface area contributed by atoms with Gasteiger partial charge in [0.25, 0.3) is 0 Å². The average molecular weight is 382 g/mol. The van der Waals surface area contributed by atoms with Crippen molar-refractivity contribution in [3.8, 4) is 5.75 Å². The molecule has 2 aromatic rings. The number of hydrogen-bond donors (Lipinski definition) is 2. The fraction of sp³-hybridized carbons (Fsp3) is 0.450. The summed E-state index contributed by atoms with van der Waals surface area (Å²) in [6, 6.07) is 3.99. The number of phenolic OH excluding ortho intramolecular Hbond substituents is 1. The van der Waals surface area contributed by atoms with E-state index in [0.29, 0.717) is 40.0 Å². The summed E-state index contributed by atoms with van der Waals surface area (Å²) in [6.07, 6.45) is 0.917. The molecule has 0 aliphatic heterocycles. The maximum Gasteiger partial charge on any atom is 0.180 e. The summed E-state index contributed by atoms with van der Waals surface area (Å²) in [5.74, 6) is 0.736. The van der Waals surface area contributed by atoms with E-state index in [4.69, 9.17) is 23.2 Å². The van der Waals surface area contributed by atoms with Gasteiger partial charge < -0.3 is 10.1 Å². The standard InChI is InChI=1S/C20H25Cl2NO2/c1-10(2)14-8-13(9-15(11(3)4)20(14)25)6-7-16(24)19-18(22)17(21)12(5)23-19/h8-11,23,25H,6-7H2,1-5H3. The molecule has 25 heavy (non-hydrogen) atoms. The Balaban J connectivity index is 2.25. The van der Waals surface area contributed by atoms with Gasteiger partial charge in [0, 0.05) is 12.1 Å². The first-order valence-corrected chi connectivity index (χ1v) is 9.31. The zero-order valence-electron chi connectivity index (χ0n) is 15.3. The number of rotatable bonds is 6. The van der Waals surface area contributed by atoms with E-state index in [-0.39, 0.29) is 17.6 Å². The topological polar surface area (TPSA) is 53.1 Å². The van der Waals surface area contributed by atoms with Crippen LogP contribution in [0.4, 0.5) is 0 Å². The number of hydrogen-bond acceptors (Lipinski definition) is 2. The second-order valence-corrected chi connectivity index (χ2v) is 7.86. The predicted octanol–water partition coefficient (Wildman–Crippen LogP) is 6.40. The molecular weight excluding hydrogens is 357 g/mol. The van der Waals surface area contributed by atoms with Crippen molar-refractivity contribution in [3.63, 3.8) is 0 Å². The van der Waals surface area contributed by atoms with Gasteiger partial charge >= 0.3 is 0 Å². The molecular formula is C20H25Cl2NO2. The Morgan fingerprint density at radius 3 is 2.00 bits per heavy atom. The number of aromatic hydroxyl groups is 1. The lowest BCUT2D eigenvalue weighted by Gasteiger charge is -2.17. The normalized spacial score (nSPS) is 11.6. The van der Waals surface area contributed by atoms with E-state index in [1.165, 1.54) is 0 Å². The molecule has 0 aliphatic carbocycles. The number of ketones is 1. The molecule has 0 saturated heterocycles. The number of aryl methyl sites for hydroxylation is 2. The van der Waals surface area contributed by atoms with Crippen molar-refractivity contribution in [1.82, 2.24) is 4.98 Å². The van der Waals surface area contributed by atoms with Gasteiger partial charge in [-0.2, -0.15) is 0 Å². The van der Waals surface area contributed by atoms with Crippen LogP contribution in [-0.2, 0) is 6.42 Å². The first-order valence-electron chi connectivity index (χ1n) is 8.55. The maximum absolute atomic E-state index is 12.5. The lowest BCUT2D eigenvalue weighted by atomic mass is 9.90. The smallest absolute Gasteiger partial charge is 0.180 e. The van der Waals surface area contributed by atoms with Gasteiger partial charge in [0.2, 0.25) is 0 Å². The number of halogens is 2. The van der Waals surface area contributed by atoms with Crippen LogP contribution < -0.4 is 0 Å². The highest BCUT2D eigenvalue weighted by atomic mass is 35.5. The second-order valence-electron chi connectivity index (χ2n) is 7.11. The highest BCUT2D eigenvalue weighted by molar-refractivity contribution is 6.44. The van der Waals surface area contributed by atoms with Crippen LogP contribution >= 0.6 is 23.2 Å². The van der Waals surface area contributed by atoms with Gasteiger partial charge in [-0.15, -0.1) is 0 Å². The van der Waals surface area contributed by atoms with Crippen molar-refractivity contribution in [2.75, 3.05) is 0 Å². The van der Waals surface area contributed by atoms with Crippen molar-refractivity contribution in [2.24, 2.45) is 0 Å². The van der Waals surface area contributed by atoms with Crippen molar-refractivity contribution < 1.29 is 9.90 Å². The number of aromatic amines is 1. The molecule has 0 amide bonds. The highest BCUT2D eigenvalue weighted by Gasteiger charge is 2.19. The average Bonchev–Trinajstić information content (AvgIpc) is 2.80. The van der Waals surface area contributed by atoms with E-state index in [2.05, 4.69) is 32.7 Å². The van der Waals surface area contributed by atoms with Crippen LogP contribution in [0.1, 0.15) is 78.8 Å². The molecule has 0 aliphatic rings. The van der Waals surface area contributed by atoms with Gasteiger partial charge in [-0.05, 0) is 41.9 Å². The van der Waals surface area contributed by atoms with Crippen molar-refractivity contribution >= 4 is 29.0 Å². The maximum atomic E-state index is 12.5. The Morgan fingerprint density at radius 2 is 1.60 bits per heavy atom. The largest absolute Gasteiger partial charge is 0.507 e. The quantitative estimate of drug-likeness (QED) is 0.568. The molecule has 0 bridgehead atoms. The predicted molar refractivity (Wildman–Crippen MR) is 104 cm³/mol. The van der Waals surface area contributed by atoms with Crippen molar-refractivity contribution in [3.05, 3.63) is 50.3 Å². The molecule has 0 atom stereocenters. The van der Waals surface area contributed by atoms with Gasteiger partial charge in [-0.1, -0.05) is 63.0 Å². The SMILES string of the molecule is Cc1[nH]c(C(=O)CCc2cc(C(C)C)c(O)c(C(C)C)c2)c(Cl)c1Cl. The van der Waals surface area contributed by atoms with E-state index in [9.17, 15) is 9.90 Å². The molecule has 2 rings (SSSR count). The van der Waals surface area contributed by atoms with Gasteiger partial charge in [-0.3, -0.25) is 4.79 Å². The first-order chi connectivity index (χ1) is 11.6. The van der Waals surface area contributed by atoms with Crippen LogP contribution in [0.3, 0.4) is 0 Å². The number of benzene rings is 1. The Kier molecular flexibility index (Phi) is 6.23. The number of carbonyl (C=O) groups excluding carboxylic acids is 1. The Labute approximate surface area is 159 Å². The third-order valence-corrected chi connectivity index (χ3v) is 5.39. The van der Waals surface area contributed by atoms with E-state index in [1.54, 1.807) is 6.92 Å². The summed E-state index contributed by atoms with van der Waals surface area (Å²) >= 11 is 12.2. The zero-order valence-corrected chi connectivity index (χ0v) is 16.8. The number of aromatic nitrogens is 1. The minimum atomic E-state index is -0.0646. The molecule has 3 nitrogen and oxygen atoms in total. The van der Waals surface area contributed by atoms with Gasteiger partial charge in [0.05, 0.1) is 10.0 Å². The molecule has 0 fully saturated rings. The van der Waals surface area contributed by atoms with Crippen LogP contribution in [0.15, 0.2) is 12.1 Å². The van der Waals surface area contributed by atoms with Crippen LogP contribution in [-0.4, -0.2) is 15.9 Å². The molecule has 0 saturated carbocycles. The zero-order chi connectivity index (χ0) is 18.9. The van der Waals surface area contributed by atoms with Gasteiger partial charge in [0.1, 0.15) is 11.4 Å². The number of H-pyrrole nitrogens is 1. The third-order valence-electron chi connectivity index (χ3n) is 4.45. The Bertz CT molecular complexity index is 762. The van der Waals surface area contributed by atoms with Crippen LogP contribution in [0, 0.1) is 6.92 Å². The minimum absolute atomic E-state index is 0.0646. The second kappa shape index (κ2) is 7.84. The summed E-state index contributed by atoms with van der Waals surface area (Å²) in [7, 11) is 0. The van der Waals surface area contributed by atoms with Crippen LogP contribution in [0.2, 0.25) is 10.0 Å². The molecule has 2 N–H and O–H groups in total. The van der Waals surface area contributed by atoms with Gasteiger partial charge in [-0.25, -0.2) is 0 Å². The summed E-state index contributed by atoms with van der Waals surface area (Å²) in [6.45, 7) is 10.00. The molecule has 1 aromatic carbocycles. The summed E-state index contributed by atoms with van der Waals surface area (Å²) in [5, 5.41) is 11.2. The van der Waals surface area contributed by atoms with E-state index in [1.807, 2.05) is 12.1 Å². The molecule has 1 heterocycles. The third kappa shape index (κ3) is 4.21. The first kappa shape index (κ1) is 19.9. The summed E-state index contributed by atoms with van der Waals surface area (Å²) < 4.78 is 0. The summed E-state index contributed by atoms with van der Waals surface area (Å²) in [4.78, 5) is 15.4. The van der Waals surface area contributed by atoms with Crippen molar-refractivity contribution in [1.29, 1.82) is 0 Å². The monoisotopic (exact) mass is 381 g/mol. The van der Waals surface area contributed by atoms with Crippen LogP contribution in [0.5, 0.6) is 5.75 Å². The minimum Gasteiger partial charge on any atom is -0.507 e. The number of carbonyl (C=O) groups is 1. The van der Waals surface area contributed by atoms with E-state index in [0.717, 1.165) is 16.7 Å².